The molecule has 2 atom stereocenters. The minimum Gasteiger partial charge on any atom is -0.491 e. The first-order valence-electron chi connectivity index (χ1n) is 7.85. The normalized spacial score (nSPS) is 20.2. The number of benzene rings is 1. The Morgan fingerprint density at radius 2 is 2.05 bits per heavy atom. The third-order valence-corrected chi connectivity index (χ3v) is 5.06. The highest BCUT2D eigenvalue weighted by atomic mass is 32.2. The Morgan fingerprint density at radius 3 is 2.71 bits per heavy atom. The molecule has 0 bridgehead atoms. The summed E-state index contributed by atoms with van der Waals surface area (Å²) in [5, 5.41) is 14.1. The van der Waals surface area contributed by atoms with E-state index < -0.39 is 6.10 Å². The van der Waals surface area contributed by atoms with Crippen molar-refractivity contribution < 1.29 is 9.84 Å². The predicted octanol–water partition coefficient (Wildman–Crippen LogP) is 2.92. The zero-order valence-corrected chi connectivity index (χ0v) is 13.9. The molecule has 1 aromatic carbocycles. The molecule has 0 aromatic heterocycles. The maximum Gasteiger partial charge on any atom is 0.119 e. The summed E-state index contributed by atoms with van der Waals surface area (Å²) in [6.07, 6.45) is 3.54. The van der Waals surface area contributed by atoms with E-state index in [4.69, 9.17) is 4.74 Å². The molecule has 0 radical (unpaired) electrons. The van der Waals surface area contributed by atoms with Crippen molar-refractivity contribution in [1.82, 2.24) is 5.32 Å². The van der Waals surface area contributed by atoms with Crippen molar-refractivity contribution >= 4 is 11.8 Å². The number of nitrogens with one attached hydrogen (secondary N) is 1. The van der Waals surface area contributed by atoms with Gasteiger partial charge in [0, 0.05) is 18.3 Å². The number of rotatable bonds is 7. The first-order chi connectivity index (χ1) is 10.1. The van der Waals surface area contributed by atoms with Crippen LogP contribution in [0.25, 0.3) is 0 Å². The van der Waals surface area contributed by atoms with Gasteiger partial charge < -0.3 is 15.2 Å². The van der Waals surface area contributed by atoms with Crippen molar-refractivity contribution in [2.24, 2.45) is 0 Å². The molecule has 2 N–H and O–H groups in total. The molecule has 118 valence electrons. The predicted molar refractivity (Wildman–Crippen MR) is 90.4 cm³/mol. The quantitative estimate of drug-likeness (QED) is 0.812. The molecule has 21 heavy (non-hydrogen) atoms. The van der Waals surface area contributed by atoms with Crippen molar-refractivity contribution in [3.63, 3.8) is 0 Å². The van der Waals surface area contributed by atoms with E-state index in [-0.39, 0.29) is 0 Å². The average Bonchev–Trinajstić information content (AvgIpc) is 2.45. The molecule has 0 saturated carbocycles. The molecule has 4 heteroatoms. The van der Waals surface area contributed by atoms with Gasteiger partial charge in [0.05, 0.1) is 0 Å². The standard InChI is InChI=1S/C17H27NO2S/c1-13-7-14(2)9-16(8-13)20-12-15(19)10-18-11-17-5-3-4-6-21-17/h7-9,15,17-19H,3-6,10-12H2,1-2H3. The number of aliphatic hydroxyl groups excluding tert-OH is 1. The summed E-state index contributed by atoms with van der Waals surface area (Å²) in [5.74, 6) is 2.12. The Kier molecular flexibility index (Phi) is 6.87. The number of hydrogen-bond acceptors (Lipinski definition) is 4. The Labute approximate surface area is 132 Å². The van der Waals surface area contributed by atoms with E-state index in [2.05, 4.69) is 37.0 Å². The van der Waals surface area contributed by atoms with Crippen LogP contribution in [0.4, 0.5) is 0 Å². The molecule has 0 amide bonds. The van der Waals surface area contributed by atoms with Crippen molar-refractivity contribution in [1.29, 1.82) is 0 Å². The van der Waals surface area contributed by atoms with Gasteiger partial charge in [0.1, 0.15) is 18.5 Å². The molecule has 2 unspecified atom stereocenters. The second-order valence-corrected chi connectivity index (χ2v) is 7.34. The Morgan fingerprint density at radius 1 is 1.29 bits per heavy atom. The summed E-state index contributed by atoms with van der Waals surface area (Å²) in [6.45, 7) is 6.04. The van der Waals surface area contributed by atoms with E-state index in [0.717, 1.165) is 12.3 Å². The minimum absolute atomic E-state index is 0.341. The topological polar surface area (TPSA) is 41.5 Å². The Balaban J connectivity index is 1.63. The molecule has 1 aromatic rings. The molecule has 1 aliphatic rings. The zero-order valence-electron chi connectivity index (χ0n) is 13.1. The van der Waals surface area contributed by atoms with Crippen molar-refractivity contribution in [2.45, 2.75) is 44.5 Å². The minimum atomic E-state index is -0.459. The van der Waals surface area contributed by atoms with Gasteiger partial charge in [0.25, 0.3) is 0 Å². The first kappa shape index (κ1) is 16.7. The fraction of sp³-hybridized carbons (Fsp3) is 0.647. The average molecular weight is 309 g/mol. The lowest BCUT2D eigenvalue weighted by Gasteiger charge is -2.22. The van der Waals surface area contributed by atoms with Crippen LogP contribution in [0.3, 0.4) is 0 Å². The van der Waals surface area contributed by atoms with Gasteiger partial charge in [-0.15, -0.1) is 0 Å². The van der Waals surface area contributed by atoms with E-state index in [1.54, 1.807) is 0 Å². The molecule has 0 spiro atoms. The van der Waals surface area contributed by atoms with E-state index in [0.29, 0.717) is 18.4 Å². The lowest BCUT2D eigenvalue weighted by molar-refractivity contribution is 0.106. The van der Waals surface area contributed by atoms with Gasteiger partial charge in [0.15, 0.2) is 0 Å². The largest absolute Gasteiger partial charge is 0.491 e. The highest BCUT2D eigenvalue weighted by Gasteiger charge is 2.14. The SMILES string of the molecule is Cc1cc(C)cc(OCC(O)CNCC2CCCCS2)c1. The van der Waals surface area contributed by atoms with Gasteiger partial charge >= 0.3 is 0 Å². The molecule has 1 saturated heterocycles. The summed E-state index contributed by atoms with van der Waals surface area (Å²) in [4.78, 5) is 0. The van der Waals surface area contributed by atoms with Gasteiger partial charge in [0.2, 0.25) is 0 Å². The van der Waals surface area contributed by atoms with Crippen LogP contribution in [0.5, 0.6) is 5.75 Å². The summed E-state index contributed by atoms with van der Waals surface area (Å²) in [7, 11) is 0. The lowest BCUT2D eigenvalue weighted by atomic mass is 10.1. The Bertz CT molecular complexity index is 413. The third kappa shape index (κ3) is 6.29. The molecule has 3 nitrogen and oxygen atoms in total. The molecule has 0 aliphatic carbocycles. The van der Waals surface area contributed by atoms with Gasteiger partial charge in [-0.05, 0) is 55.7 Å². The van der Waals surface area contributed by atoms with Crippen LogP contribution in [0.2, 0.25) is 0 Å². The highest BCUT2D eigenvalue weighted by molar-refractivity contribution is 7.99. The molecule has 1 aliphatic heterocycles. The van der Waals surface area contributed by atoms with Gasteiger partial charge in [-0.2, -0.15) is 11.8 Å². The molecule has 1 fully saturated rings. The van der Waals surface area contributed by atoms with Crippen LogP contribution < -0.4 is 10.1 Å². The summed E-state index contributed by atoms with van der Waals surface area (Å²) >= 11 is 2.05. The third-order valence-electron chi connectivity index (χ3n) is 3.66. The maximum atomic E-state index is 9.98. The van der Waals surface area contributed by atoms with Crippen molar-refractivity contribution in [2.75, 3.05) is 25.4 Å². The fourth-order valence-electron chi connectivity index (χ4n) is 2.65. The van der Waals surface area contributed by atoms with E-state index >= 15 is 0 Å². The molecular weight excluding hydrogens is 282 g/mol. The smallest absolute Gasteiger partial charge is 0.119 e. The monoisotopic (exact) mass is 309 g/mol. The van der Waals surface area contributed by atoms with Crippen LogP contribution in [-0.4, -0.2) is 41.9 Å². The lowest BCUT2D eigenvalue weighted by Crippen LogP contribution is -2.35. The van der Waals surface area contributed by atoms with Crippen LogP contribution >= 0.6 is 11.8 Å². The van der Waals surface area contributed by atoms with Crippen molar-refractivity contribution in [3.05, 3.63) is 29.3 Å². The summed E-state index contributed by atoms with van der Waals surface area (Å²) in [6, 6.07) is 6.13. The maximum absolute atomic E-state index is 9.98. The van der Waals surface area contributed by atoms with Crippen LogP contribution in [0.15, 0.2) is 18.2 Å². The number of ether oxygens (including phenoxy) is 1. The van der Waals surface area contributed by atoms with E-state index in [9.17, 15) is 5.11 Å². The molecule has 2 rings (SSSR count). The van der Waals surface area contributed by atoms with E-state index in [1.807, 2.05) is 12.1 Å². The first-order valence-corrected chi connectivity index (χ1v) is 8.90. The molecule has 1 heterocycles. The van der Waals surface area contributed by atoms with E-state index in [1.165, 1.54) is 36.1 Å². The summed E-state index contributed by atoms with van der Waals surface area (Å²) in [5.41, 5.74) is 2.37. The fourth-order valence-corrected chi connectivity index (χ4v) is 3.92. The van der Waals surface area contributed by atoms with Crippen LogP contribution in [0, 0.1) is 13.8 Å². The van der Waals surface area contributed by atoms with Crippen LogP contribution in [-0.2, 0) is 0 Å². The highest BCUT2D eigenvalue weighted by Crippen LogP contribution is 2.24. The zero-order chi connectivity index (χ0) is 15.1. The van der Waals surface area contributed by atoms with Gasteiger partial charge in [-0.3, -0.25) is 0 Å². The number of aryl methyl sites for hydroxylation is 2. The second-order valence-electron chi connectivity index (χ2n) is 5.94. The number of thioether (sulfide) groups is 1. The number of aliphatic hydroxyl groups is 1. The summed E-state index contributed by atoms with van der Waals surface area (Å²) < 4.78 is 5.68. The van der Waals surface area contributed by atoms with Gasteiger partial charge in [-0.25, -0.2) is 0 Å². The van der Waals surface area contributed by atoms with Gasteiger partial charge in [-0.1, -0.05) is 12.5 Å². The van der Waals surface area contributed by atoms with Crippen LogP contribution in [0.1, 0.15) is 30.4 Å². The Hall–Kier alpha value is -0.710. The second kappa shape index (κ2) is 8.66. The molecular formula is C17H27NO2S. The van der Waals surface area contributed by atoms with Crippen molar-refractivity contribution in [3.8, 4) is 5.75 Å². The number of hydrogen-bond donors (Lipinski definition) is 2.